The Kier molecular flexibility index (Phi) is 6.33. The fraction of sp³-hybridized carbons (Fsp3) is 0.192. The average Bonchev–Trinajstić information content (AvgIpc) is 3.51. The molecule has 0 saturated heterocycles. The normalized spacial score (nSPS) is 12.5. The van der Waals surface area contributed by atoms with Gasteiger partial charge in [-0.2, -0.15) is 0 Å². The third-order valence-electron chi connectivity index (χ3n) is 6.02. The zero-order valence-electron chi connectivity index (χ0n) is 19.8. The molecule has 0 radical (unpaired) electrons. The largest absolute Gasteiger partial charge is 0.366 e. The van der Waals surface area contributed by atoms with Crippen LogP contribution in [0.1, 0.15) is 36.4 Å². The Hall–Kier alpha value is -3.79. The van der Waals surface area contributed by atoms with Gasteiger partial charge in [0.25, 0.3) is 0 Å². The van der Waals surface area contributed by atoms with Crippen molar-refractivity contribution >= 4 is 62.1 Å². The van der Waals surface area contributed by atoms with E-state index in [4.69, 9.17) is 32.9 Å². The van der Waals surface area contributed by atoms with Crippen molar-refractivity contribution in [3.05, 3.63) is 82.2 Å². The van der Waals surface area contributed by atoms with Gasteiger partial charge in [-0.3, -0.25) is 4.98 Å². The first-order valence-corrected chi connectivity index (χ1v) is 12.6. The number of anilines is 1. The molecule has 1 atom stereocenters. The summed E-state index contributed by atoms with van der Waals surface area (Å²) in [5.74, 6) is 1.27. The molecule has 0 bridgehead atoms. The number of halogens is 2. The topological polar surface area (TPSA) is 117 Å². The number of imidazole rings is 1. The van der Waals surface area contributed by atoms with E-state index in [0.717, 1.165) is 39.5 Å². The van der Waals surface area contributed by atoms with Gasteiger partial charge in [0.1, 0.15) is 29.4 Å². The summed E-state index contributed by atoms with van der Waals surface area (Å²) in [7, 11) is 0. The molecule has 0 fully saturated rings. The highest BCUT2D eigenvalue weighted by Gasteiger charge is 2.21. The van der Waals surface area contributed by atoms with Crippen LogP contribution in [0.4, 0.5) is 5.82 Å². The van der Waals surface area contributed by atoms with Gasteiger partial charge in [0, 0.05) is 42.5 Å². The molecule has 0 amide bonds. The lowest BCUT2D eigenvalue weighted by Gasteiger charge is -2.16. The lowest BCUT2D eigenvalue weighted by molar-refractivity contribution is 0.0756. The van der Waals surface area contributed by atoms with Crippen molar-refractivity contribution in [3.8, 4) is 0 Å². The van der Waals surface area contributed by atoms with E-state index in [0.29, 0.717) is 46.0 Å². The Morgan fingerprint density at radius 2 is 1.97 bits per heavy atom. The van der Waals surface area contributed by atoms with Crippen LogP contribution in [0.15, 0.2) is 55.2 Å². The number of nitrogens with one attached hydrogen (secondary N) is 3. The molecule has 6 rings (SSSR count). The number of hydrogen-bond acceptors (Lipinski definition) is 7. The number of nitrogens with zero attached hydrogens (tertiary/aromatic N) is 5. The van der Waals surface area contributed by atoms with Crippen LogP contribution < -0.4 is 5.32 Å². The van der Waals surface area contributed by atoms with Crippen molar-refractivity contribution in [1.29, 1.82) is 0 Å². The number of aromatic nitrogens is 7. The minimum absolute atomic E-state index is 0.423. The first-order valence-electron chi connectivity index (χ1n) is 11.8. The maximum Gasteiger partial charge on any atom is 0.183 e. The zero-order chi connectivity index (χ0) is 25.4. The molecular weight excluding hydrogens is 511 g/mol. The predicted octanol–water partition coefficient (Wildman–Crippen LogP) is 6.21. The zero-order valence-corrected chi connectivity index (χ0v) is 21.3. The lowest BCUT2D eigenvalue weighted by atomic mass is 10.1. The maximum absolute atomic E-state index is 6.25. The highest BCUT2D eigenvalue weighted by Crippen LogP contribution is 2.30. The maximum atomic E-state index is 6.25. The Balaban J connectivity index is 1.32. The lowest BCUT2D eigenvalue weighted by Crippen LogP contribution is -2.09. The van der Waals surface area contributed by atoms with E-state index < -0.39 is 6.10 Å². The summed E-state index contributed by atoms with van der Waals surface area (Å²) in [5, 5.41) is 6.39. The second-order valence-corrected chi connectivity index (χ2v) is 9.47. The molecule has 0 spiro atoms. The summed E-state index contributed by atoms with van der Waals surface area (Å²) >= 11 is 12.4. The Bertz CT molecular complexity index is 1730. The van der Waals surface area contributed by atoms with Crippen LogP contribution in [0.25, 0.3) is 33.1 Å². The predicted molar refractivity (Wildman–Crippen MR) is 145 cm³/mol. The van der Waals surface area contributed by atoms with Crippen molar-refractivity contribution in [2.45, 2.75) is 26.0 Å². The van der Waals surface area contributed by atoms with Crippen LogP contribution in [0, 0.1) is 0 Å². The van der Waals surface area contributed by atoms with Gasteiger partial charge in [-0.25, -0.2) is 19.9 Å². The van der Waals surface area contributed by atoms with Crippen molar-refractivity contribution in [3.63, 3.8) is 0 Å². The summed E-state index contributed by atoms with van der Waals surface area (Å²) in [6.07, 6.45) is 7.11. The SMILES string of the molecule is CCCOC(c1ccc2ncc(Cl)cc2c1)c1nc2ncnc(NCc3cnc4[nH]cc(Cl)c4c3)c2[nH]1. The third-order valence-corrected chi connectivity index (χ3v) is 6.53. The van der Waals surface area contributed by atoms with E-state index >= 15 is 0 Å². The quantitative estimate of drug-likeness (QED) is 0.213. The van der Waals surface area contributed by atoms with E-state index in [1.54, 1.807) is 18.6 Å². The number of aromatic amines is 2. The van der Waals surface area contributed by atoms with Gasteiger partial charge in [0.05, 0.1) is 15.6 Å². The number of hydrogen-bond donors (Lipinski definition) is 3. The molecule has 0 aliphatic carbocycles. The molecule has 0 saturated carbocycles. The van der Waals surface area contributed by atoms with Gasteiger partial charge in [-0.05, 0) is 41.8 Å². The van der Waals surface area contributed by atoms with Gasteiger partial charge in [-0.1, -0.05) is 36.2 Å². The minimum atomic E-state index is -0.423. The van der Waals surface area contributed by atoms with Crippen molar-refractivity contribution < 1.29 is 4.74 Å². The molecule has 0 aliphatic rings. The molecule has 6 aromatic rings. The van der Waals surface area contributed by atoms with E-state index in [1.165, 1.54) is 6.33 Å². The molecule has 1 aromatic carbocycles. The molecular formula is C26H22Cl2N8O. The van der Waals surface area contributed by atoms with E-state index in [9.17, 15) is 0 Å². The fourth-order valence-electron chi connectivity index (χ4n) is 4.26. The number of ether oxygens (including phenoxy) is 1. The first kappa shape index (κ1) is 23.6. The van der Waals surface area contributed by atoms with Crippen LogP contribution in [-0.2, 0) is 11.3 Å². The van der Waals surface area contributed by atoms with Gasteiger partial charge < -0.3 is 20.0 Å². The smallest absolute Gasteiger partial charge is 0.183 e. The average molecular weight is 533 g/mol. The van der Waals surface area contributed by atoms with Gasteiger partial charge in [0.15, 0.2) is 11.5 Å². The van der Waals surface area contributed by atoms with Crippen molar-refractivity contribution in [2.24, 2.45) is 0 Å². The molecule has 5 heterocycles. The van der Waals surface area contributed by atoms with Crippen LogP contribution >= 0.6 is 23.2 Å². The molecule has 186 valence electrons. The fourth-order valence-corrected chi connectivity index (χ4v) is 4.62. The molecule has 3 N–H and O–H groups in total. The van der Waals surface area contributed by atoms with Crippen LogP contribution in [0.5, 0.6) is 0 Å². The standard InChI is InChI=1S/C26H22Cl2N8O/c1-2-5-37-22(15-3-4-20-16(7-15)8-17(27)11-29-20)26-35-21-24(33-13-34-25(21)36-26)31-10-14-6-18-19(28)12-32-23(18)30-9-14/h3-4,6-9,11-13,22H,2,5,10H2,1H3,(H,30,32)(H2,31,33,34,35,36). The number of rotatable bonds is 8. The number of benzene rings is 1. The number of H-pyrrole nitrogens is 2. The summed E-state index contributed by atoms with van der Waals surface area (Å²) < 4.78 is 6.25. The Morgan fingerprint density at radius 1 is 1.05 bits per heavy atom. The second-order valence-electron chi connectivity index (χ2n) is 8.63. The van der Waals surface area contributed by atoms with Crippen molar-refractivity contribution in [1.82, 2.24) is 34.9 Å². The monoisotopic (exact) mass is 532 g/mol. The first-order chi connectivity index (χ1) is 18.1. The van der Waals surface area contributed by atoms with E-state index in [-0.39, 0.29) is 0 Å². The third kappa shape index (κ3) is 4.69. The molecule has 0 aliphatic heterocycles. The van der Waals surface area contributed by atoms with Crippen LogP contribution in [0.2, 0.25) is 10.0 Å². The van der Waals surface area contributed by atoms with Gasteiger partial charge >= 0.3 is 0 Å². The Labute approximate surface area is 221 Å². The van der Waals surface area contributed by atoms with Crippen molar-refractivity contribution in [2.75, 3.05) is 11.9 Å². The van der Waals surface area contributed by atoms with Gasteiger partial charge in [0.2, 0.25) is 0 Å². The molecule has 9 nitrogen and oxygen atoms in total. The van der Waals surface area contributed by atoms with Crippen LogP contribution in [-0.4, -0.2) is 41.5 Å². The van der Waals surface area contributed by atoms with E-state index in [1.807, 2.05) is 30.3 Å². The van der Waals surface area contributed by atoms with Crippen LogP contribution in [0.3, 0.4) is 0 Å². The molecule has 11 heteroatoms. The molecule has 1 unspecified atom stereocenters. The molecule has 5 aromatic heterocycles. The molecule has 37 heavy (non-hydrogen) atoms. The highest BCUT2D eigenvalue weighted by atomic mass is 35.5. The second kappa shape index (κ2) is 9.93. The highest BCUT2D eigenvalue weighted by molar-refractivity contribution is 6.35. The summed E-state index contributed by atoms with van der Waals surface area (Å²) in [4.78, 5) is 28.8. The minimum Gasteiger partial charge on any atom is -0.366 e. The summed E-state index contributed by atoms with van der Waals surface area (Å²) in [5.41, 5.74) is 4.76. The Morgan fingerprint density at radius 3 is 2.86 bits per heavy atom. The summed E-state index contributed by atoms with van der Waals surface area (Å²) in [6.45, 7) is 3.14. The summed E-state index contributed by atoms with van der Waals surface area (Å²) in [6, 6.07) is 9.88. The number of fused-ring (bicyclic) bond motifs is 3. The van der Waals surface area contributed by atoms with Gasteiger partial charge in [-0.15, -0.1) is 0 Å². The number of pyridine rings is 2. The van der Waals surface area contributed by atoms with E-state index in [2.05, 4.69) is 42.1 Å².